The molecule has 0 aliphatic carbocycles. The van der Waals surface area contributed by atoms with Crippen LogP contribution in [0, 0.1) is 12.8 Å². The zero-order valence-corrected chi connectivity index (χ0v) is 11.5. The second-order valence-electron chi connectivity index (χ2n) is 5.16. The number of aromatic nitrogens is 1. The Labute approximate surface area is 113 Å². The van der Waals surface area contributed by atoms with Crippen molar-refractivity contribution in [2.24, 2.45) is 5.92 Å². The van der Waals surface area contributed by atoms with E-state index in [4.69, 9.17) is 5.73 Å². The van der Waals surface area contributed by atoms with Gasteiger partial charge in [-0.2, -0.15) is 0 Å². The first-order valence-electron chi connectivity index (χ1n) is 6.43. The van der Waals surface area contributed by atoms with Crippen molar-refractivity contribution in [3.8, 4) is 0 Å². The van der Waals surface area contributed by atoms with Crippen LogP contribution in [0.5, 0.6) is 0 Å². The number of rotatable bonds is 3. The summed E-state index contributed by atoms with van der Waals surface area (Å²) in [5, 5.41) is 3.73. The molecule has 0 atom stereocenters. The van der Waals surface area contributed by atoms with E-state index < -0.39 is 0 Å². The number of anilines is 1. The standard InChI is InChI=1S/C15H19N3O/c1-9(2)8-17-15(19)12-7-10(3)18-14-11(12)5-4-6-13(14)16/h4-7,9H,8,16H2,1-3H3,(H,17,19). The quantitative estimate of drug-likeness (QED) is 0.830. The number of carbonyl (C=O) groups is 1. The summed E-state index contributed by atoms with van der Waals surface area (Å²) in [5.74, 6) is 0.345. The number of fused-ring (bicyclic) bond motifs is 1. The summed E-state index contributed by atoms with van der Waals surface area (Å²) in [6.45, 7) is 6.65. The predicted octanol–water partition coefficient (Wildman–Crippen LogP) is 2.51. The van der Waals surface area contributed by atoms with Crippen LogP contribution in [-0.2, 0) is 0 Å². The van der Waals surface area contributed by atoms with Gasteiger partial charge in [-0.1, -0.05) is 26.0 Å². The van der Waals surface area contributed by atoms with Gasteiger partial charge in [-0.15, -0.1) is 0 Å². The lowest BCUT2D eigenvalue weighted by atomic mass is 10.1. The number of nitrogens with two attached hydrogens (primary N) is 1. The maximum absolute atomic E-state index is 12.2. The fraction of sp³-hybridized carbons (Fsp3) is 0.333. The third-order valence-corrected chi connectivity index (χ3v) is 2.91. The van der Waals surface area contributed by atoms with Gasteiger partial charge in [-0.3, -0.25) is 9.78 Å². The molecule has 4 nitrogen and oxygen atoms in total. The molecule has 0 radical (unpaired) electrons. The van der Waals surface area contributed by atoms with Gasteiger partial charge in [0.05, 0.1) is 16.8 Å². The van der Waals surface area contributed by atoms with Crippen LogP contribution in [0.15, 0.2) is 24.3 Å². The van der Waals surface area contributed by atoms with Crippen LogP contribution in [0.25, 0.3) is 10.9 Å². The van der Waals surface area contributed by atoms with E-state index in [0.29, 0.717) is 29.2 Å². The molecular weight excluding hydrogens is 238 g/mol. The molecule has 1 aromatic heterocycles. The molecule has 0 aliphatic rings. The van der Waals surface area contributed by atoms with Gasteiger partial charge in [0.1, 0.15) is 0 Å². The zero-order valence-electron chi connectivity index (χ0n) is 11.5. The Morgan fingerprint density at radius 1 is 1.42 bits per heavy atom. The minimum atomic E-state index is -0.0743. The lowest BCUT2D eigenvalue weighted by molar-refractivity contribution is 0.0950. The number of hydrogen-bond acceptors (Lipinski definition) is 3. The molecule has 2 aromatic rings. The van der Waals surface area contributed by atoms with Gasteiger partial charge in [0.25, 0.3) is 5.91 Å². The van der Waals surface area contributed by atoms with Crippen LogP contribution < -0.4 is 11.1 Å². The number of aryl methyl sites for hydroxylation is 1. The fourth-order valence-electron chi connectivity index (χ4n) is 1.98. The van der Waals surface area contributed by atoms with Gasteiger partial charge in [0.2, 0.25) is 0 Å². The highest BCUT2D eigenvalue weighted by Crippen LogP contribution is 2.23. The smallest absolute Gasteiger partial charge is 0.252 e. The molecule has 19 heavy (non-hydrogen) atoms. The van der Waals surface area contributed by atoms with Gasteiger partial charge >= 0.3 is 0 Å². The predicted molar refractivity (Wildman–Crippen MR) is 78.1 cm³/mol. The normalized spacial score (nSPS) is 10.9. The third kappa shape index (κ3) is 2.84. The summed E-state index contributed by atoms with van der Waals surface area (Å²) < 4.78 is 0. The van der Waals surface area contributed by atoms with Crippen LogP contribution >= 0.6 is 0 Å². The van der Waals surface area contributed by atoms with E-state index in [1.165, 1.54) is 0 Å². The lowest BCUT2D eigenvalue weighted by Crippen LogP contribution is -2.27. The van der Waals surface area contributed by atoms with Crippen molar-refractivity contribution in [3.63, 3.8) is 0 Å². The Balaban J connectivity index is 2.48. The van der Waals surface area contributed by atoms with Gasteiger partial charge in [0, 0.05) is 17.6 Å². The molecule has 0 saturated heterocycles. The Morgan fingerprint density at radius 3 is 2.84 bits per heavy atom. The Morgan fingerprint density at radius 2 is 2.16 bits per heavy atom. The summed E-state index contributed by atoms with van der Waals surface area (Å²) in [7, 11) is 0. The number of nitrogens with zero attached hydrogens (tertiary/aromatic N) is 1. The highest BCUT2D eigenvalue weighted by molar-refractivity contribution is 6.08. The van der Waals surface area contributed by atoms with Crippen LogP contribution in [0.1, 0.15) is 29.9 Å². The number of benzene rings is 1. The van der Waals surface area contributed by atoms with E-state index in [9.17, 15) is 4.79 Å². The van der Waals surface area contributed by atoms with Gasteiger partial charge in [-0.05, 0) is 25.0 Å². The van der Waals surface area contributed by atoms with Gasteiger partial charge in [-0.25, -0.2) is 0 Å². The van der Waals surface area contributed by atoms with Crippen LogP contribution in [0.4, 0.5) is 5.69 Å². The average Bonchev–Trinajstić information content (AvgIpc) is 2.36. The molecule has 0 aliphatic heterocycles. The van der Waals surface area contributed by atoms with Crippen molar-refractivity contribution in [3.05, 3.63) is 35.5 Å². The highest BCUT2D eigenvalue weighted by atomic mass is 16.1. The maximum Gasteiger partial charge on any atom is 0.252 e. The fourth-order valence-corrected chi connectivity index (χ4v) is 1.98. The van der Waals surface area contributed by atoms with E-state index in [0.717, 1.165) is 11.1 Å². The second kappa shape index (κ2) is 5.26. The summed E-state index contributed by atoms with van der Waals surface area (Å²) >= 11 is 0. The van der Waals surface area contributed by atoms with Crippen molar-refractivity contribution in [2.45, 2.75) is 20.8 Å². The topological polar surface area (TPSA) is 68.0 Å². The maximum atomic E-state index is 12.2. The first-order valence-corrected chi connectivity index (χ1v) is 6.43. The SMILES string of the molecule is Cc1cc(C(=O)NCC(C)C)c2cccc(N)c2n1. The molecule has 0 unspecified atom stereocenters. The summed E-state index contributed by atoms with van der Waals surface area (Å²) in [4.78, 5) is 16.7. The molecule has 1 aromatic carbocycles. The highest BCUT2D eigenvalue weighted by Gasteiger charge is 2.13. The van der Waals surface area contributed by atoms with E-state index >= 15 is 0 Å². The minimum Gasteiger partial charge on any atom is -0.397 e. The summed E-state index contributed by atoms with van der Waals surface area (Å²) in [5.41, 5.74) is 8.64. The number of para-hydroxylation sites is 1. The monoisotopic (exact) mass is 257 g/mol. The zero-order chi connectivity index (χ0) is 14.0. The van der Waals surface area contributed by atoms with Crippen molar-refractivity contribution in [1.29, 1.82) is 0 Å². The number of amides is 1. The first-order chi connectivity index (χ1) is 8.99. The van der Waals surface area contributed by atoms with Gasteiger partial charge < -0.3 is 11.1 Å². The Kier molecular flexibility index (Phi) is 3.69. The average molecular weight is 257 g/mol. The Hall–Kier alpha value is -2.10. The number of nitrogens with one attached hydrogen (secondary N) is 1. The molecule has 0 fully saturated rings. The molecule has 0 saturated carbocycles. The molecule has 100 valence electrons. The minimum absolute atomic E-state index is 0.0743. The molecule has 4 heteroatoms. The van der Waals surface area contributed by atoms with E-state index in [1.807, 2.05) is 19.1 Å². The van der Waals surface area contributed by atoms with E-state index in [1.54, 1.807) is 12.1 Å². The largest absolute Gasteiger partial charge is 0.397 e. The number of hydrogen-bond donors (Lipinski definition) is 2. The van der Waals surface area contributed by atoms with Crippen LogP contribution in [-0.4, -0.2) is 17.4 Å². The van der Waals surface area contributed by atoms with E-state index in [2.05, 4.69) is 24.1 Å². The van der Waals surface area contributed by atoms with Crippen molar-refractivity contribution in [1.82, 2.24) is 10.3 Å². The molecule has 0 bridgehead atoms. The number of pyridine rings is 1. The number of carbonyl (C=O) groups excluding carboxylic acids is 1. The van der Waals surface area contributed by atoms with Crippen molar-refractivity contribution >= 4 is 22.5 Å². The first kappa shape index (κ1) is 13.3. The third-order valence-electron chi connectivity index (χ3n) is 2.91. The number of nitrogen functional groups attached to an aromatic ring is 1. The van der Waals surface area contributed by atoms with Crippen LogP contribution in [0.2, 0.25) is 0 Å². The van der Waals surface area contributed by atoms with Crippen molar-refractivity contribution < 1.29 is 4.79 Å². The van der Waals surface area contributed by atoms with Gasteiger partial charge in [0.15, 0.2) is 0 Å². The molecule has 1 amide bonds. The molecule has 0 spiro atoms. The van der Waals surface area contributed by atoms with Crippen LogP contribution in [0.3, 0.4) is 0 Å². The molecule has 2 rings (SSSR count). The second-order valence-corrected chi connectivity index (χ2v) is 5.16. The Bertz CT molecular complexity index is 620. The summed E-state index contributed by atoms with van der Waals surface area (Å²) in [6.07, 6.45) is 0. The molecule has 3 N–H and O–H groups in total. The molecule has 1 heterocycles. The lowest BCUT2D eigenvalue weighted by Gasteiger charge is -2.11. The van der Waals surface area contributed by atoms with E-state index in [-0.39, 0.29) is 5.91 Å². The van der Waals surface area contributed by atoms with Crippen molar-refractivity contribution in [2.75, 3.05) is 12.3 Å². The summed E-state index contributed by atoms with van der Waals surface area (Å²) in [6, 6.07) is 7.32. The molecular formula is C15H19N3O.